The van der Waals surface area contributed by atoms with Gasteiger partial charge in [0.1, 0.15) is 0 Å². The first kappa shape index (κ1) is 14.6. The lowest BCUT2D eigenvalue weighted by Gasteiger charge is -2.36. The number of likely N-dealkylation sites (N-methyl/N-ethyl adjacent to an activating group) is 1. The van der Waals surface area contributed by atoms with Gasteiger partial charge in [-0.2, -0.15) is 0 Å². The molecule has 1 aromatic heterocycles. The molecule has 3 rings (SSSR count). The summed E-state index contributed by atoms with van der Waals surface area (Å²) in [6.07, 6.45) is 2.64. The molecule has 3 nitrogen and oxygen atoms in total. The Morgan fingerprint density at radius 1 is 1.24 bits per heavy atom. The fourth-order valence-corrected chi connectivity index (χ4v) is 3.50. The molecule has 3 heteroatoms. The van der Waals surface area contributed by atoms with E-state index in [0.717, 1.165) is 6.54 Å². The molecule has 0 saturated carbocycles. The smallest absolute Gasteiger partial charge is 0.0480 e. The highest BCUT2D eigenvalue weighted by atomic mass is 15.2. The third kappa shape index (κ3) is 2.99. The molecule has 1 atom stereocenters. The van der Waals surface area contributed by atoms with E-state index in [9.17, 15) is 0 Å². The fourth-order valence-electron chi connectivity index (χ4n) is 3.50. The third-order valence-electron chi connectivity index (χ3n) is 4.89. The maximum absolute atomic E-state index is 2.61. The van der Waals surface area contributed by atoms with Crippen molar-refractivity contribution in [1.82, 2.24) is 14.4 Å². The van der Waals surface area contributed by atoms with Crippen LogP contribution in [-0.4, -0.2) is 47.6 Å². The number of benzene rings is 1. The van der Waals surface area contributed by atoms with Crippen molar-refractivity contribution >= 4 is 10.9 Å². The lowest BCUT2D eigenvalue weighted by atomic mass is 10.0. The number of piperidine rings is 1. The number of nitrogens with zero attached hydrogens (tertiary/aromatic N) is 3. The number of hydrogen-bond donors (Lipinski definition) is 0. The molecule has 0 bridgehead atoms. The Labute approximate surface area is 128 Å². The monoisotopic (exact) mass is 285 g/mol. The summed E-state index contributed by atoms with van der Waals surface area (Å²) in [6.45, 7) is 5.64. The molecule has 0 radical (unpaired) electrons. The first-order valence-corrected chi connectivity index (χ1v) is 7.98. The Kier molecular flexibility index (Phi) is 4.05. The van der Waals surface area contributed by atoms with Crippen LogP contribution in [0, 0.1) is 6.92 Å². The lowest BCUT2D eigenvalue weighted by Crippen LogP contribution is -2.44. The zero-order valence-corrected chi connectivity index (χ0v) is 13.8. The molecule has 1 unspecified atom stereocenters. The van der Waals surface area contributed by atoms with E-state index >= 15 is 0 Å². The first-order valence-electron chi connectivity index (χ1n) is 7.98. The molecule has 1 aliphatic heterocycles. The van der Waals surface area contributed by atoms with Crippen LogP contribution in [-0.2, 0) is 13.6 Å². The van der Waals surface area contributed by atoms with Crippen LogP contribution in [0.15, 0.2) is 24.3 Å². The Morgan fingerprint density at radius 3 is 2.81 bits per heavy atom. The van der Waals surface area contributed by atoms with Gasteiger partial charge in [-0.25, -0.2) is 0 Å². The molecule has 21 heavy (non-hydrogen) atoms. The van der Waals surface area contributed by atoms with Crippen LogP contribution >= 0.6 is 0 Å². The lowest BCUT2D eigenvalue weighted by molar-refractivity contribution is 0.126. The van der Waals surface area contributed by atoms with E-state index in [2.05, 4.69) is 66.7 Å². The van der Waals surface area contributed by atoms with E-state index < -0.39 is 0 Å². The predicted molar refractivity (Wildman–Crippen MR) is 89.6 cm³/mol. The van der Waals surface area contributed by atoms with Crippen molar-refractivity contribution in [3.8, 4) is 0 Å². The SMILES string of the molecule is Cc1ccc2c(c1)cc(CN1CCCC(N(C)C)C1)n2C. The topological polar surface area (TPSA) is 11.4 Å². The summed E-state index contributed by atoms with van der Waals surface area (Å²) in [7, 11) is 6.60. The van der Waals surface area contributed by atoms with Crippen LogP contribution in [0.25, 0.3) is 10.9 Å². The number of aryl methyl sites for hydroxylation is 2. The van der Waals surface area contributed by atoms with Crippen molar-refractivity contribution in [2.45, 2.75) is 32.4 Å². The summed E-state index contributed by atoms with van der Waals surface area (Å²) in [5.74, 6) is 0. The zero-order chi connectivity index (χ0) is 15.0. The average Bonchev–Trinajstić information content (AvgIpc) is 2.75. The van der Waals surface area contributed by atoms with E-state index in [1.807, 2.05) is 0 Å². The van der Waals surface area contributed by atoms with E-state index in [4.69, 9.17) is 0 Å². The second kappa shape index (κ2) is 5.82. The van der Waals surface area contributed by atoms with Gasteiger partial charge in [-0.15, -0.1) is 0 Å². The van der Waals surface area contributed by atoms with Crippen molar-refractivity contribution in [2.75, 3.05) is 27.2 Å². The largest absolute Gasteiger partial charge is 0.346 e. The second-order valence-corrected chi connectivity index (χ2v) is 6.75. The fraction of sp³-hybridized carbons (Fsp3) is 0.556. The summed E-state index contributed by atoms with van der Waals surface area (Å²) in [5, 5.41) is 1.37. The Balaban J connectivity index is 1.80. The van der Waals surface area contributed by atoms with Gasteiger partial charge in [0.25, 0.3) is 0 Å². The Bertz CT molecular complexity index is 627. The molecule has 1 aromatic carbocycles. The number of rotatable bonds is 3. The molecule has 0 aliphatic carbocycles. The first-order chi connectivity index (χ1) is 10.0. The van der Waals surface area contributed by atoms with Crippen LogP contribution in [0.2, 0.25) is 0 Å². The molecule has 114 valence electrons. The van der Waals surface area contributed by atoms with E-state index in [-0.39, 0.29) is 0 Å². The zero-order valence-electron chi connectivity index (χ0n) is 13.8. The maximum Gasteiger partial charge on any atom is 0.0480 e. The number of hydrogen-bond acceptors (Lipinski definition) is 2. The molecule has 0 spiro atoms. The molecule has 1 aliphatic rings. The highest BCUT2D eigenvalue weighted by molar-refractivity contribution is 5.82. The number of aromatic nitrogens is 1. The summed E-state index contributed by atoms with van der Waals surface area (Å²) < 4.78 is 2.36. The van der Waals surface area contributed by atoms with E-state index in [0.29, 0.717) is 6.04 Å². The minimum Gasteiger partial charge on any atom is -0.346 e. The minimum absolute atomic E-state index is 0.704. The molecule has 2 heterocycles. The summed E-state index contributed by atoms with van der Waals surface area (Å²) >= 11 is 0. The number of likely N-dealkylation sites (tertiary alicyclic amines) is 1. The van der Waals surface area contributed by atoms with Crippen LogP contribution in [0.4, 0.5) is 0 Å². The molecule has 0 amide bonds. The quantitative estimate of drug-likeness (QED) is 0.859. The van der Waals surface area contributed by atoms with Crippen molar-refractivity contribution < 1.29 is 0 Å². The van der Waals surface area contributed by atoms with E-state index in [1.54, 1.807) is 0 Å². The van der Waals surface area contributed by atoms with Gasteiger partial charge in [0.15, 0.2) is 0 Å². The molecular weight excluding hydrogens is 258 g/mol. The van der Waals surface area contributed by atoms with Crippen molar-refractivity contribution in [1.29, 1.82) is 0 Å². The van der Waals surface area contributed by atoms with Gasteiger partial charge < -0.3 is 9.47 Å². The van der Waals surface area contributed by atoms with Crippen LogP contribution < -0.4 is 0 Å². The van der Waals surface area contributed by atoms with Gasteiger partial charge in [0.05, 0.1) is 0 Å². The van der Waals surface area contributed by atoms with E-state index in [1.165, 1.54) is 48.1 Å². The van der Waals surface area contributed by atoms with Crippen molar-refractivity contribution in [3.63, 3.8) is 0 Å². The maximum atomic E-state index is 2.61. The molecule has 0 N–H and O–H groups in total. The molecular formula is C18H27N3. The normalized spacial score (nSPS) is 20.5. The summed E-state index contributed by atoms with van der Waals surface area (Å²) in [6, 6.07) is 9.80. The molecule has 2 aromatic rings. The van der Waals surface area contributed by atoms with Gasteiger partial charge in [-0.05, 0) is 58.6 Å². The van der Waals surface area contributed by atoms with Gasteiger partial charge >= 0.3 is 0 Å². The third-order valence-corrected chi connectivity index (χ3v) is 4.89. The Morgan fingerprint density at radius 2 is 2.05 bits per heavy atom. The van der Waals surface area contributed by atoms with Crippen molar-refractivity contribution in [2.24, 2.45) is 7.05 Å². The van der Waals surface area contributed by atoms with Crippen molar-refractivity contribution in [3.05, 3.63) is 35.5 Å². The summed E-state index contributed by atoms with van der Waals surface area (Å²) in [4.78, 5) is 4.98. The molecule has 1 fully saturated rings. The predicted octanol–water partition coefficient (Wildman–Crippen LogP) is 3.01. The van der Waals surface area contributed by atoms with Crippen LogP contribution in [0.1, 0.15) is 24.1 Å². The molecule has 1 saturated heterocycles. The standard InChI is InChI=1S/C18H27N3/c1-14-7-8-18-15(10-14)11-17(20(18)4)13-21-9-5-6-16(12-21)19(2)3/h7-8,10-11,16H,5-6,9,12-13H2,1-4H3. The van der Waals surface area contributed by atoms with Crippen LogP contribution in [0.5, 0.6) is 0 Å². The van der Waals surface area contributed by atoms with Gasteiger partial charge in [0, 0.05) is 42.8 Å². The van der Waals surface area contributed by atoms with Gasteiger partial charge in [-0.3, -0.25) is 4.90 Å². The minimum atomic E-state index is 0.704. The second-order valence-electron chi connectivity index (χ2n) is 6.75. The average molecular weight is 285 g/mol. The highest BCUT2D eigenvalue weighted by Gasteiger charge is 2.22. The van der Waals surface area contributed by atoms with Gasteiger partial charge in [-0.1, -0.05) is 11.6 Å². The highest BCUT2D eigenvalue weighted by Crippen LogP contribution is 2.23. The summed E-state index contributed by atoms with van der Waals surface area (Å²) in [5.41, 5.74) is 4.11. The van der Waals surface area contributed by atoms with Gasteiger partial charge in [0.2, 0.25) is 0 Å². The Hall–Kier alpha value is -1.32. The van der Waals surface area contributed by atoms with Crippen LogP contribution in [0.3, 0.4) is 0 Å². The number of fused-ring (bicyclic) bond motifs is 1.